The first-order chi connectivity index (χ1) is 13.1. The average Bonchev–Trinajstić information content (AvgIpc) is 3.22. The van der Waals surface area contributed by atoms with E-state index in [1.165, 1.54) is 12.3 Å². The van der Waals surface area contributed by atoms with Gasteiger partial charge in [-0.05, 0) is 30.3 Å². The topological polar surface area (TPSA) is 116 Å². The first-order valence-electron chi connectivity index (χ1n) is 7.97. The number of hydrogen-bond acceptors (Lipinski definition) is 7. The summed E-state index contributed by atoms with van der Waals surface area (Å²) in [4.78, 5) is 35.2. The third kappa shape index (κ3) is 5.11. The number of hydrazine groups is 1. The van der Waals surface area contributed by atoms with E-state index in [1.807, 2.05) is 0 Å². The molecule has 3 rings (SSSR count). The highest BCUT2D eigenvalue weighted by atomic mass is 16.6. The average molecular weight is 372 g/mol. The molecule has 9 heteroatoms. The zero-order chi connectivity index (χ0) is 19.1. The van der Waals surface area contributed by atoms with Crippen LogP contribution in [0.1, 0.15) is 5.76 Å². The lowest BCUT2D eigenvalue weighted by Crippen LogP contribution is -2.51. The van der Waals surface area contributed by atoms with E-state index in [1.54, 1.807) is 36.4 Å². The van der Waals surface area contributed by atoms with Crippen molar-refractivity contribution in [2.75, 3.05) is 13.2 Å². The fourth-order valence-electron chi connectivity index (χ4n) is 2.12. The van der Waals surface area contributed by atoms with Gasteiger partial charge in [0.05, 0.1) is 6.26 Å². The molecule has 1 aliphatic heterocycles. The van der Waals surface area contributed by atoms with Gasteiger partial charge in [-0.1, -0.05) is 12.1 Å². The van der Waals surface area contributed by atoms with Gasteiger partial charge in [0.2, 0.25) is 6.10 Å². The molecule has 9 nitrogen and oxygen atoms in total. The monoisotopic (exact) mass is 372 g/mol. The van der Waals surface area contributed by atoms with Gasteiger partial charge >= 0.3 is 5.97 Å². The van der Waals surface area contributed by atoms with E-state index in [9.17, 15) is 14.4 Å². The largest absolute Gasteiger partial charge is 0.485 e. The molecule has 140 valence electrons. The summed E-state index contributed by atoms with van der Waals surface area (Å²) in [6.07, 6.45) is 3.06. The number of carbonyl (C=O) groups excluding carboxylic acids is 3. The van der Waals surface area contributed by atoms with Gasteiger partial charge in [-0.3, -0.25) is 20.4 Å². The Morgan fingerprint density at radius 3 is 2.70 bits per heavy atom. The normalized spacial score (nSPS) is 15.2. The van der Waals surface area contributed by atoms with Crippen LogP contribution < -0.4 is 20.3 Å². The van der Waals surface area contributed by atoms with E-state index >= 15 is 0 Å². The molecule has 1 aliphatic rings. The molecule has 0 saturated carbocycles. The van der Waals surface area contributed by atoms with Crippen molar-refractivity contribution in [3.63, 3.8) is 0 Å². The van der Waals surface area contributed by atoms with E-state index in [-0.39, 0.29) is 6.61 Å². The Morgan fingerprint density at radius 1 is 1.11 bits per heavy atom. The van der Waals surface area contributed by atoms with Crippen molar-refractivity contribution in [3.05, 3.63) is 54.5 Å². The number of furan rings is 1. The molecule has 0 bridgehead atoms. The second-order valence-electron chi connectivity index (χ2n) is 5.36. The van der Waals surface area contributed by atoms with E-state index in [4.69, 9.17) is 18.6 Å². The van der Waals surface area contributed by atoms with Crippen LogP contribution in [0.2, 0.25) is 0 Å². The van der Waals surface area contributed by atoms with Gasteiger partial charge in [-0.2, -0.15) is 0 Å². The van der Waals surface area contributed by atoms with Gasteiger partial charge in [0, 0.05) is 6.08 Å². The van der Waals surface area contributed by atoms with Crippen molar-refractivity contribution in [3.8, 4) is 11.5 Å². The molecular weight excluding hydrogens is 356 g/mol. The van der Waals surface area contributed by atoms with Crippen LogP contribution in [-0.2, 0) is 19.1 Å². The Bertz CT molecular complexity index is 845. The fraction of sp³-hybridized carbons (Fsp3) is 0.167. The molecule has 1 atom stereocenters. The summed E-state index contributed by atoms with van der Waals surface area (Å²) in [5.74, 6) is -0.580. The summed E-state index contributed by atoms with van der Waals surface area (Å²) >= 11 is 0. The maximum absolute atomic E-state index is 12.0. The molecule has 0 radical (unpaired) electrons. The summed E-state index contributed by atoms with van der Waals surface area (Å²) in [5, 5.41) is 0. The second-order valence-corrected chi connectivity index (χ2v) is 5.36. The molecule has 0 saturated heterocycles. The van der Waals surface area contributed by atoms with Crippen LogP contribution in [0.3, 0.4) is 0 Å². The number of benzene rings is 1. The minimum absolute atomic E-state index is 0.00524. The molecule has 1 aromatic carbocycles. The molecule has 27 heavy (non-hydrogen) atoms. The van der Waals surface area contributed by atoms with Gasteiger partial charge in [0.1, 0.15) is 12.4 Å². The Labute approximate surface area is 153 Å². The molecule has 0 aliphatic carbocycles. The summed E-state index contributed by atoms with van der Waals surface area (Å²) in [7, 11) is 0. The quantitative estimate of drug-likeness (QED) is 0.453. The molecule has 0 fully saturated rings. The maximum Gasteiger partial charge on any atom is 0.331 e. The van der Waals surface area contributed by atoms with Crippen LogP contribution in [-0.4, -0.2) is 37.1 Å². The number of esters is 1. The first kappa shape index (κ1) is 18.1. The molecule has 0 spiro atoms. The number of amides is 2. The molecule has 2 amide bonds. The van der Waals surface area contributed by atoms with Crippen LogP contribution in [0.25, 0.3) is 6.08 Å². The SMILES string of the molecule is O=C(COC(=O)/C=C/c1ccco1)NNC(=O)[C@H]1COc2ccccc2O1. The molecule has 0 unspecified atom stereocenters. The predicted molar refractivity (Wildman–Crippen MR) is 91.3 cm³/mol. The number of rotatable bonds is 5. The van der Waals surface area contributed by atoms with Gasteiger partial charge < -0.3 is 18.6 Å². The smallest absolute Gasteiger partial charge is 0.331 e. The second kappa shape index (κ2) is 8.56. The Hall–Kier alpha value is -3.75. The zero-order valence-electron chi connectivity index (χ0n) is 14.0. The minimum atomic E-state index is -0.918. The van der Waals surface area contributed by atoms with Gasteiger partial charge in [0.25, 0.3) is 11.8 Å². The van der Waals surface area contributed by atoms with Crippen molar-refractivity contribution >= 4 is 23.9 Å². The standard InChI is InChI=1S/C18H16N2O7/c21-16(11-26-17(22)8-7-12-4-3-9-24-12)19-20-18(23)15-10-25-13-5-1-2-6-14(13)27-15/h1-9,15H,10-11H2,(H,19,21)(H,20,23)/b8-7+/t15-/m1/s1. The lowest BCUT2D eigenvalue weighted by molar-refractivity contribution is -0.145. The van der Waals surface area contributed by atoms with Gasteiger partial charge in [0.15, 0.2) is 18.1 Å². The summed E-state index contributed by atoms with van der Waals surface area (Å²) in [6, 6.07) is 10.2. The van der Waals surface area contributed by atoms with E-state index < -0.39 is 30.5 Å². The predicted octanol–water partition coefficient (Wildman–Crippen LogP) is 0.823. The summed E-state index contributed by atoms with van der Waals surface area (Å²) in [5.41, 5.74) is 4.33. The zero-order valence-corrected chi connectivity index (χ0v) is 14.0. The number of hydrogen-bond donors (Lipinski definition) is 2. The Kier molecular flexibility index (Phi) is 5.73. The number of carbonyl (C=O) groups is 3. The first-order valence-corrected chi connectivity index (χ1v) is 7.97. The Balaban J connectivity index is 1.38. The van der Waals surface area contributed by atoms with Crippen molar-refractivity contribution in [2.24, 2.45) is 0 Å². The van der Waals surface area contributed by atoms with Crippen molar-refractivity contribution in [1.29, 1.82) is 0 Å². The summed E-state index contributed by atoms with van der Waals surface area (Å²) < 4.78 is 20.7. The third-order valence-electron chi connectivity index (χ3n) is 3.40. The molecule has 2 aromatic rings. The highest BCUT2D eigenvalue weighted by Gasteiger charge is 2.27. The molecule has 2 N–H and O–H groups in total. The van der Waals surface area contributed by atoms with Crippen molar-refractivity contribution < 1.29 is 33.0 Å². The van der Waals surface area contributed by atoms with E-state index in [0.717, 1.165) is 6.08 Å². The highest BCUT2D eigenvalue weighted by molar-refractivity contribution is 5.90. The van der Waals surface area contributed by atoms with Gasteiger partial charge in [-0.15, -0.1) is 0 Å². The number of fused-ring (bicyclic) bond motifs is 1. The Morgan fingerprint density at radius 2 is 1.93 bits per heavy atom. The van der Waals surface area contributed by atoms with Crippen LogP contribution in [0.15, 0.2) is 53.2 Å². The maximum atomic E-state index is 12.0. The lowest BCUT2D eigenvalue weighted by Gasteiger charge is -2.25. The van der Waals surface area contributed by atoms with E-state index in [0.29, 0.717) is 17.3 Å². The van der Waals surface area contributed by atoms with Gasteiger partial charge in [-0.25, -0.2) is 4.79 Å². The van der Waals surface area contributed by atoms with Crippen LogP contribution >= 0.6 is 0 Å². The number of para-hydroxylation sites is 2. The summed E-state index contributed by atoms with van der Waals surface area (Å²) in [6.45, 7) is -0.558. The van der Waals surface area contributed by atoms with Crippen molar-refractivity contribution in [2.45, 2.75) is 6.10 Å². The molecule has 1 aromatic heterocycles. The number of nitrogens with one attached hydrogen (secondary N) is 2. The highest BCUT2D eigenvalue weighted by Crippen LogP contribution is 2.30. The number of ether oxygens (including phenoxy) is 3. The molecule has 2 heterocycles. The third-order valence-corrected chi connectivity index (χ3v) is 3.40. The molecular formula is C18H16N2O7. The van der Waals surface area contributed by atoms with E-state index in [2.05, 4.69) is 10.9 Å². The van der Waals surface area contributed by atoms with Crippen molar-refractivity contribution in [1.82, 2.24) is 10.9 Å². The van der Waals surface area contributed by atoms with Crippen LogP contribution in [0, 0.1) is 0 Å². The lowest BCUT2D eigenvalue weighted by atomic mass is 10.2. The van der Waals surface area contributed by atoms with Crippen LogP contribution in [0.4, 0.5) is 0 Å². The minimum Gasteiger partial charge on any atom is -0.485 e. The van der Waals surface area contributed by atoms with Crippen LogP contribution in [0.5, 0.6) is 11.5 Å². The fourth-order valence-corrected chi connectivity index (χ4v) is 2.12.